The molecule has 0 saturated carbocycles. The SMILES string of the molecule is COc1ccc(/C=C/C(=O)NC(=S)NCc2ccco2)cc1OC. The maximum absolute atomic E-state index is 11.9. The fourth-order valence-electron chi connectivity index (χ4n) is 1.91. The molecule has 0 fully saturated rings. The number of furan rings is 1. The normalized spacial score (nSPS) is 10.4. The second-order valence-corrected chi connectivity index (χ2v) is 5.11. The number of benzene rings is 1. The predicted octanol–water partition coefficient (Wildman–Crippen LogP) is 2.50. The number of hydrogen-bond donors (Lipinski definition) is 2. The van der Waals surface area contributed by atoms with Crippen LogP contribution >= 0.6 is 12.2 Å². The minimum Gasteiger partial charge on any atom is -0.493 e. The van der Waals surface area contributed by atoms with Crippen molar-refractivity contribution in [2.24, 2.45) is 0 Å². The highest BCUT2D eigenvalue weighted by molar-refractivity contribution is 7.80. The zero-order valence-corrected chi connectivity index (χ0v) is 14.2. The highest BCUT2D eigenvalue weighted by Gasteiger charge is 2.04. The zero-order valence-electron chi connectivity index (χ0n) is 13.4. The van der Waals surface area contributed by atoms with Crippen LogP contribution < -0.4 is 20.1 Å². The third kappa shape index (κ3) is 5.13. The van der Waals surface area contributed by atoms with Crippen LogP contribution in [-0.2, 0) is 11.3 Å². The number of hydrogen-bond acceptors (Lipinski definition) is 5. The van der Waals surface area contributed by atoms with Gasteiger partial charge in [-0.05, 0) is 48.1 Å². The van der Waals surface area contributed by atoms with E-state index in [1.807, 2.05) is 12.1 Å². The first-order valence-electron chi connectivity index (χ1n) is 7.13. The molecule has 0 atom stereocenters. The summed E-state index contributed by atoms with van der Waals surface area (Å²) in [5, 5.41) is 5.67. The van der Waals surface area contributed by atoms with Gasteiger partial charge in [-0.25, -0.2) is 0 Å². The third-order valence-corrected chi connectivity index (χ3v) is 3.32. The quantitative estimate of drug-likeness (QED) is 0.618. The first kappa shape index (κ1) is 17.6. The van der Waals surface area contributed by atoms with E-state index in [0.29, 0.717) is 18.0 Å². The summed E-state index contributed by atoms with van der Waals surface area (Å²) in [7, 11) is 3.12. The van der Waals surface area contributed by atoms with Crippen LogP contribution in [0.1, 0.15) is 11.3 Å². The number of methoxy groups -OCH3 is 2. The van der Waals surface area contributed by atoms with E-state index in [9.17, 15) is 4.79 Å². The predicted molar refractivity (Wildman–Crippen MR) is 94.9 cm³/mol. The Hall–Kier alpha value is -2.80. The fraction of sp³-hybridized carbons (Fsp3) is 0.176. The highest BCUT2D eigenvalue weighted by Crippen LogP contribution is 2.27. The summed E-state index contributed by atoms with van der Waals surface area (Å²) >= 11 is 5.05. The van der Waals surface area contributed by atoms with E-state index in [0.717, 1.165) is 11.3 Å². The van der Waals surface area contributed by atoms with Gasteiger partial charge in [0.2, 0.25) is 5.91 Å². The first-order valence-corrected chi connectivity index (χ1v) is 7.54. The molecule has 0 saturated heterocycles. The molecule has 126 valence electrons. The van der Waals surface area contributed by atoms with E-state index in [1.54, 1.807) is 44.8 Å². The zero-order chi connectivity index (χ0) is 17.4. The standard InChI is InChI=1S/C17H18N2O4S/c1-21-14-7-5-12(10-15(14)22-2)6-8-16(20)19-17(24)18-11-13-4-3-9-23-13/h3-10H,11H2,1-2H3,(H2,18,19,20,24)/b8-6+. The second kappa shape index (κ2) is 8.73. The average molecular weight is 346 g/mol. The Bertz CT molecular complexity index is 726. The maximum Gasteiger partial charge on any atom is 0.250 e. The Morgan fingerprint density at radius 3 is 2.71 bits per heavy atom. The van der Waals surface area contributed by atoms with Gasteiger partial charge < -0.3 is 19.2 Å². The van der Waals surface area contributed by atoms with Crippen molar-refractivity contribution in [3.05, 3.63) is 54.0 Å². The molecule has 6 nitrogen and oxygen atoms in total. The molecule has 2 rings (SSSR count). The maximum atomic E-state index is 11.9. The van der Waals surface area contributed by atoms with Crippen LogP contribution in [-0.4, -0.2) is 25.2 Å². The molecule has 2 N–H and O–H groups in total. The number of nitrogens with one attached hydrogen (secondary N) is 2. The molecule has 1 aromatic heterocycles. The molecule has 0 aliphatic carbocycles. The Morgan fingerprint density at radius 1 is 1.25 bits per heavy atom. The molecule has 0 unspecified atom stereocenters. The van der Waals surface area contributed by atoms with Crippen LogP contribution in [0.25, 0.3) is 6.08 Å². The van der Waals surface area contributed by atoms with Crippen molar-refractivity contribution in [1.29, 1.82) is 0 Å². The average Bonchev–Trinajstić information content (AvgIpc) is 3.11. The summed E-state index contributed by atoms with van der Waals surface area (Å²) in [6, 6.07) is 8.96. The number of amides is 1. The van der Waals surface area contributed by atoms with Crippen LogP contribution in [0.15, 0.2) is 47.1 Å². The number of thiocarbonyl (C=S) groups is 1. The summed E-state index contributed by atoms with van der Waals surface area (Å²) in [6.45, 7) is 0.408. The van der Waals surface area contributed by atoms with Crippen LogP contribution in [0, 0.1) is 0 Å². The molecular formula is C17H18N2O4S. The molecule has 0 bridgehead atoms. The van der Waals surface area contributed by atoms with Gasteiger partial charge in [-0.15, -0.1) is 0 Å². The van der Waals surface area contributed by atoms with Gasteiger partial charge in [0.1, 0.15) is 5.76 Å². The molecule has 0 aliphatic rings. The van der Waals surface area contributed by atoms with E-state index >= 15 is 0 Å². The lowest BCUT2D eigenvalue weighted by molar-refractivity contribution is -0.115. The van der Waals surface area contributed by atoms with Gasteiger partial charge in [-0.3, -0.25) is 10.1 Å². The number of carbonyl (C=O) groups excluding carboxylic acids is 1. The van der Waals surface area contributed by atoms with Crippen LogP contribution in [0.2, 0.25) is 0 Å². The van der Waals surface area contributed by atoms with Gasteiger partial charge >= 0.3 is 0 Å². The van der Waals surface area contributed by atoms with Crippen molar-refractivity contribution in [2.75, 3.05) is 14.2 Å². The van der Waals surface area contributed by atoms with Crippen LogP contribution in [0.3, 0.4) is 0 Å². The molecule has 24 heavy (non-hydrogen) atoms. The van der Waals surface area contributed by atoms with Gasteiger partial charge in [-0.1, -0.05) is 6.07 Å². The van der Waals surface area contributed by atoms with E-state index in [4.69, 9.17) is 26.1 Å². The monoisotopic (exact) mass is 346 g/mol. The minimum absolute atomic E-state index is 0.230. The van der Waals surface area contributed by atoms with Crippen molar-refractivity contribution in [1.82, 2.24) is 10.6 Å². The van der Waals surface area contributed by atoms with E-state index in [2.05, 4.69) is 10.6 Å². The van der Waals surface area contributed by atoms with Crippen molar-refractivity contribution >= 4 is 29.3 Å². The number of carbonyl (C=O) groups is 1. The number of ether oxygens (including phenoxy) is 2. The van der Waals surface area contributed by atoms with E-state index in [1.165, 1.54) is 6.08 Å². The molecule has 1 amide bonds. The molecule has 0 spiro atoms. The van der Waals surface area contributed by atoms with Crippen molar-refractivity contribution < 1.29 is 18.7 Å². The molecule has 0 radical (unpaired) electrons. The molecule has 0 aliphatic heterocycles. The molecule has 2 aromatic rings. The summed E-state index contributed by atoms with van der Waals surface area (Å²) in [4.78, 5) is 11.9. The fourth-order valence-corrected chi connectivity index (χ4v) is 2.08. The lowest BCUT2D eigenvalue weighted by atomic mass is 10.2. The minimum atomic E-state index is -0.332. The van der Waals surface area contributed by atoms with Crippen molar-refractivity contribution in [3.63, 3.8) is 0 Å². The second-order valence-electron chi connectivity index (χ2n) is 4.70. The first-order chi connectivity index (χ1) is 11.6. The van der Waals surface area contributed by atoms with Crippen molar-refractivity contribution in [2.45, 2.75) is 6.54 Å². The summed E-state index contributed by atoms with van der Waals surface area (Å²) in [5.41, 5.74) is 0.803. The largest absolute Gasteiger partial charge is 0.493 e. The molecule has 7 heteroatoms. The van der Waals surface area contributed by atoms with Gasteiger partial charge in [0, 0.05) is 6.08 Å². The summed E-state index contributed by atoms with van der Waals surface area (Å²) < 4.78 is 15.5. The van der Waals surface area contributed by atoms with Gasteiger partial charge in [0.05, 0.1) is 27.0 Å². The molecule has 1 aromatic carbocycles. The van der Waals surface area contributed by atoms with Crippen LogP contribution in [0.5, 0.6) is 11.5 Å². The van der Waals surface area contributed by atoms with Gasteiger partial charge in [0.15, 0.2) is 16.6 Å². The van der Waals surface area contributed by atoms with E-state index in [-0.39, 0.29) is 11.0 Å². The van der Waals surface area contributed by atoms with Gasteiger partial charge in [-0.2, -0.15) is 0 Å². The van der Waals surface area contributed by atoms with Crippen LogP contribution in [0.4, 0.5) is 0 Å². The molecule has 1 heterocycles. The smallest absolute Gasteiger partial charge is 0.250 e. The number of rotatable bonds is 6. The van der Waals surface area contributed by atoms with E-state index < -0.39 is 0 Å². The lowest BCUT2D eigenvalue weighted by Crippen LogP contribution is -2.37. The van der Waals surface area contributed by atoms with Crippen molar-refractivity contribution in [3.8, 4) is 11.5 Å². The third-order valence-electron chi connectivity index (χ3n) is 3.07. The Kier molecular flexibility index (Phi) is 6.39. The highest BCUT2D eigenvalue weighted by atomic mass is 32.1. The Morgan fingerprint density at radius 2 is 2.04 bits per heavy atom. The molecular weight excluding hydrogens is 328 g/mol. The summed E-state index contributed by atoms with van der Waals surface area (Å²) in [5.74, 6) is 1.62. The topological polar surface area (TPSA) is 72.7 Å². The Labute approximate surface area is 145 Å². The van der Waals surface area contributed by atoms with Gasteiger partial charge in [0.25, 0.3) is 0 Å². The summed E-state index contributed by atoms with van der Waals surface area (Å²) in [6.07, 6.45) is 4.62. The lowest BCUT2D eigenvalue weighted by Gasteiger charge is -2.08. The Balaban J connectivity index is 1.87.